The molecule has 2 N–H and O–H groups in total. The van der Waals surface area contributed by atoms with Gasteiger partial charge in [-0.1, -0.05) is 12.1 Å². The zero-order chi connectivity index (χ0) is 13.8. The Labute approximate surface area is 106 Å². The van der Waals surface area contributed by atoms with Crippen LogP contribution in [-0.4, -0.2) is 24.0 Å². The molecule has 1 aromatic carbocycles. The van der Waals surface area contributed by atoms with Crippen LogP contribution < -0.4 is 11.1 Å². The average molecular weight is 249 g/mol. The normalized spacial score (nSPS) is 10.9. The SMILES string of the molecule is CC(C)(C)OC(=O)c1ccccc1[N]C(=O)CN. The first-order chi connectivity index (χ1) is 8.33. The molecule has 0 aliphatic carbocycles. The summed E-state index contributed by atoms with van der Waals surface area (Å²) in [6, 6.07) is 6.52. The van der Waals surface area contributed by atoms with Gasteiger partial charge in [0.05, 0.1) is 17.8 Å². The molecular weight excluding hydrogens is 232 g/mol. The van der Waals surface area contributed by atoms with Crippen molar-refractivity contribution in [2.75, 3.05) is 6.54 Å². The Hall–Kier alpha value is -1.88. The van der Waals surface area contributed by atoms with E-state index in [0.29, 0.717) is 0 Å². The molecular formula is C13H17N2O3. The molecule has 0 heterocycles. The average Bonchev–Trinajstić information content (AvgIpc) is 2.27. The zero-order valence-electron chi connectivity index (χ0n) is 10.8. The summed E-state index contributed by atoms with van der Waals surface area (Å²) in [7, 11) is 0. The van der Waals surface area contributed by atoms with Crippen molar-refractivity contribution < 1.29 is 14.3 Å². The number of nitrogens with two attached hydrogens (primary N) is 1. The summed E-state index contributed by atoms with van der Waals surface area (Å²) >= 11 is 0. The highest BCUT2D eigenvalue weighted by Crippen LogP contribution is 2.19. The van der Waals surface area contributed by atoms with E-state index in [9.17, 15) is 9.59 Å². The summed E-state index contributed by atoms with van der Waals surface area (Å²) in [6.45, 7) is 5.13. The minimum absolute atomic E-state index is 0.192. The first-order valence-corrected chi connectivity index (χ1v) is 5.60. The Kier molecular flexibility index (Phi) is 4.44. The molecule has 0 atom stereocenters. The van der Waals surface area contributed by atoms with Crippen molar-refractivity contribution in [3.05, 3.63) is 29.8 Å². The number of para-hydroxylation sites is 1. The lowest BCUT2D eigenvalue weighted by molar-refractivity contribution is -0.118. The molecule has 0 aliphatic rings. The Balaban J connectivity index is 2.94. The molecule has 1 radical (unpaired) electrons. The second-order valence-electron chi connectivity index (χ2n) is 4.73. The zero-order valence-corrected chi connectivity index (χ0v) is 10.8. The quantitative estimate of drug-likeness (QED) is 0.820. The van der Waals surface area contributed by atoms with E-state index in [4.69, 9.17) is 10.5 Å². The van der Waals surface area contributed by atoms with Gasteiger partial charge in [-0.3, -0.25) is 4.79 Å². The van der Waals surface area contributed by atoms with Gasteiger partial charge in [0.1, 0.15) is 5.60 Å². The summed E-state index contributed by atoms with van der Waals surface area (Å²) in [5.41, 5.74) is 5.13. The number of rotatable bonds is 3. The number of amides is 1. The molecule has 97 valence electrons. The maximum Gasteiger partial charge on any atom is 0.340 e. The van der Waals surface area contributed by atoms with E-state index in [0.717, 1.165) is 0 Å². The third-order valence-corrected chi connectivity index (χ3v) is 1.94. The standard InChI is InChI=1S/C13H17N2O3/c1-13(2,3)18-12(17)9-6-4-5-7-10(9)15-11(16)8-14/h4-7H,8,14H2,1-3H3. The maximum absolute atomic E-state index is 11.9. The predicted molar refractivity (Wildman–Crippen MR) is 67.5 cm³/mol. The van der Waals surface area contributed by atoms with E-state index in [1.807, 2.05) is 0 Å². The number of carbonyl (C=O) groups excluding carboxylic acids is 2. The third kappa shape index (κ3) is 4.18. The highest BCUT2D eigenvalue weighted by molar-refractivity contribution is 5.97. The largest absolute Gasteiger partial charge is 0.456 e. The minimum atomic E-state index is -0.595. The van der Waals surface area contributed by atoms with E-state index >= 15 is 0 Å². The Morgan fingerprint density at radius 1 is 1.28 bits per heavy atom. The number of benzene rings is 1. The molecule has 0 unspecified atom stereocenters. The van der Waals surface area contributed by atoms with Gasteiger partial charge >= 0.3 is 5.97 Å². The molecule has 1 rings (SSSR count). The van der Waals surface area contributed by atoms with Gasteiger partial charge in [-0.25, -0.2) is 10.1 Å². The topological polar surface area (TPSA) is 83.5 Å². The predicted octanol–water partition coefficient (Wildman–Crippen LogP) is 1.36. The lowest BCUT2D eigenvalue weighted by Gasteiger charge is -2.20. The number of ether oxygens (including phenoxy) is 1. The summed E-state index contributed by atoms with van der Waals surface area (Å²) in [5, 5.41) is 3.76. The van der Waals surface area contributed by atoms with E-state index in [1.54, 1.807) is 45.0 Å². The van der Waals surface area contributed by atoms with Gasteiger partial charge in [-0.05, 0) is 32.9 Å². The molecule has 18 heavy (non-hydrogen) atoms. The monoisotopic (exact) mass is 249 g/mol. The molecule has 1 amide bonds. The minimum Gasteiger partial charge on any atom is -0.456 e. The third-order valence-electron chi connectivity index (χ3n) is 1.94. The van der Waals surface area contributed by atoms with E-state index in [1.165, 1.54) is 0 Å². The maximum atomic E-state index is 11.9. The van der Waals surface area contributed by atoms with Crippen molar-refractivity contribution in [3.8, 4) is 0 Å². The molecule has 0 aromatic heterocycles. The van der Waals surface area contributed by atoms with Gasteiger partial charge in [0.15, 0.2) is 0 Å². The first-order valence-electron chi connectivity index (χ1n) is 5.60. The van der Waals surface area contributed by atoms with Crippen molar-refractivity contribution >= 4 is 17.6 Å². The molecule has 0 saturated heterocycles. The van der Waals surface area contributed by atoms with Gasteiger partial charge in [0.25, 0.3) is 5.91 Å². The number of hydrogen-bond donors (Lipinski definition) is 1. The molecule has 5 nitrogen and oxygen atoms in total. The second-order valence-corrected chi connectivity index (χ2v) is 4.73. The number of nitrogens with zero attached hydrogens (tertiary/aromatic N) is 1. The van der Waals surface area contributed by atoms with Gasteiger partial charge in [-0.15, -0.1) is 0 Å². The lowest BCUT2D eigenvalue weighted by atomic mass is 10.1. The fourth-order valence-electron chi connectivity index (χ4n) is 1.26. The van der Waals surface area contributed by atoms with Crippen LogP contribution in [0.25, 0.3) is 0 Å². The molecule has 0 fully saturated rings. The van der Waals surface area contributed by atoms with Crippen LogP contribution >= 0.6 is 0 Å². The molecule has 0 saturated carbocycles. The summed E-state index contributed by atoms with van der Waals surface area (Å²) in [6.07, 6.45) is 0. The molecule has 0 bridgehead atoms. The van der Waals surface area contributed by atoms with Crippen LogP contribution in [0.4, 0.5) is 5.69 Å². The highest BCUT2D eigenvalue weighted by atomic mass is 16.6. The van der Waals surface area contributed by atoms with Crippen LogP contribution in [0.15, 0.2) is 24.3 Å². The van der Waals surface area contributed by atoms with Crippen LogP contribution in [-0.2, 0) is 9.53 Å². The fourth-order valence-corrected chi connectivity index (χ4v) is 1.26. The second kappa shape index (κ2) is 5.64. The van der Waals surface area contributed by atoms with Crippen LogP contribution in [0.5, 0.6) is 0 Å². The van der Waals surface area contributed by atoms with Gasteiger partial charge in [0.2, 0.25) is 0 Å². The molecule has 0 spiro atoms. The van der Waals surface area contributed by atoms with Gasteiger partial charge in [-0.2, -0.15) is 0 Å². The van der Waals surface area contributed by atoms with E-state index in [2.05, 4.69) is 5.32 Å². The molecule has 0 aliphatic heterocycles. The van der Waals surface area contributed by atoms with Crippen LogP contribution in [0.1, 0.15) is 31.1 Å². The highest BCUT2D eigenvalue weighted by Gasteiger charge is 2.21. The fraction of sp³-hybridized carbons (Fsp3) is 0.385. The number of carbonyl (C=O) groups is 2. The number of esters is 1. The Morgan fingerprint density at radius 2 is 1.89 bits per heavy atom. The first kappa shape index (κ1) is 14.2. The molecule has 1 aromatic rings. The van der Waals surface area contributed by atoms with E-state index in [-0.39, 0.29) is 17.8 Å². The van der Waals surface area contributed by atoms with Crippen LogP contribution in [0.2, 0.25) is 0 Å². The smallest absolute Gasteiger partial charge is 0.340 e. The lowest BCUT2D eigenvalue weighted by Crippen LogP contribution is -2.26. The van der Waals surface area contributed by atoms with Crippen molar-refractivity contribution in [2.45, 2.75) is 26.4 Å². The summed E-state index contributed by atoms with van der Waals surface area (Å²) in [5.74, 6) is -0.988. The molecule has 5 heteroatoms. The number of hydrogen-bond acceptors (Lipinski definition) is 4. The Morgan fingerprint density at radius 3 is 2.44 bits per heavy atom. The van der Waals surface area contributed by atoms with Crippen molar-refractivity contribution in [1.82, 2.24) is 5.32 Å². The summed E-state index contributed by atoms with van der Waals surface area (Å²) in [4.78, 5) is 23.1. The summed E-state index contributed by atoms with van der Waals surface area (Å²) < 4.78 is 5.24. The van der Waals surface area contributed by atoms with Crippen molar-refractivity contribution in [1.29, 1.82) is 0 Å². The van der Waals surface area contributed by atoms with Crippen molar-refractivity contribution in [3.63, 3.8) is 0 Å². The van der Waals surface area contributed by atoms with E-state index < -0.39 is 17.5 Å². The van der Waals surface area contributed by atoms with Crippen LogP contribution in [0, 0.1) is 0 Å². The van der Waals surface area contributed by atoms with Gasteiger partial charge in [0, 0.05) is 0 Å². The van der Waals surface area contributed by atoms with Crippen molar-refractivity contribution in [2.24, 2.45) is 5.73 Å². The Bertz CT molecular complexity index is 450. The van der Waals surface area contributed by atoms with Gasteiger partial charge < -0.3 is 10.5 Å². The van der Waals surface area contributed by atoms with Crippen LogP contribution in [0.3, 0.4) is 0 Å².